The molecule has 1 aromatic heterocycles. The second-order valence-electron chi connectivity index (χ2n) is 7.52. The summed E-state index contributed by atoms with van der Waals surface area (Å²) in [5.41, 5.74) is 0.780. The van der Waals surface area contributed by atoms with Crippen LogP contribution in [0.25, 0.3) is 10.9 Å². The Hall–Kier alpha value is -3.08. The van der Waals surface area contributed by atoms with Crippen LogP contribution in [-0.2, 0) is 14.8 Å². The number of hydrogen-bond acceptors (Lipinski definition) is 6. The third kappa shape index (κ3) is 4.36. The van der Waals surface area contributed by atoms with E-state index in [0.29, 0.717) is 16.6 Å². The number of nitrogens with one attached hydrogen (secondary N) is 2. The van der Waals surface area contributed by atoms with Gasteiger partial charge in [0, 0.05) is 24.3 Å². The first-order valence-electron chi connectivity index (χ1n) is 9.78. The third-order valence-corrected chi connectivity index (χ3v) is 6.85. The van der Waals surface area contributed by atoms with Crippen molar-refractivity contribution in [2.75, 3.05) is 18.4 Å². The zero-order chi connectivity index (χ0) is 22.2. The molecule has 2 atom stereocenters. The Morgan fingerprint density at radius 2 is 1.90 bits per heavy atom. The standard InChI is InChI=1S/C21H22N4O5S/c1-13-10-25(11-14(2)30-13)31(28,29)17-5-3-4-15(8-17)20(26)24-16-6-7-19-18(9-16)21(27)23-12-22-19/h3-9,12-14H,10-11H2,1-2H3,(H,24,26)(H,22,23,27). The molecule has 1 amide bonds. The topological polar surface area (TPSA) is 121 Å². The molecule has 0 radical (unpaired) electrons. The van der Waals surface area contributed by atoms with Crippen molar-refractivity contribution in [3.05, 3.63) is 64.7 Å². The van der Waals surface area contributed by atoms with Crippen LogP contribution in [0.1, 0.15) is 24.2 Å². The summed E-state index contributed by atoms with van der Waals surface area (Å²) in [4.78, 5) is 31.3. The molecule has 4 rings (SSSR count). The van der Waals surface area contributed by atoms with Crippen LogP contribution in [0, 0.1) is 0 Å². The average molecular weight is 442 g/mol. The van der Waals surface area contributed by atoms with Crippen molar-refractivity contribution >= 4 is 32.5 Å². The number of H-pyrrole nitrogens is 1. The molecule has 31 heavy (non-hydrogen) atoms. The van der Waals surface area contributed by atoms with E-state index in [2.05, 4.69) is 15.3 Å². The van der Waals surface area contributed by atoms with Gasteiger partial charge in [0.2, 0.25) is 10.0 Å². The summed E-state index contributed by atoms with van der Waals surface area (Å²) in [7, 11) is -3.77. The Morgan fingerprint density at radius 3 is 2.65 bits per heavy atom. The fourth-order valence-electron chi connectivity index (χ4n) is 3.62. The summed E-state index contributed by atoms with van der Waals surface area (Å²) >= 11 is 0. The number of rotatable bonds is 4. The van der Waals surface area contributed by atoms with Crippen molar-refractivity contribution in [1.29, 1.82) is 0 Å². The van der Waals surface area contributed by atoms with Gasteiger partial charge in [-0.1, -0.05) is 6.07 Å². The maximum Gasteiger partial charge on any atom is 0.258 e. The number of benzene rings is 2. The summed E-state index contributed by atoms with van der Waals surface area (Å²) < 4.78 is 33.2. The van der Waals surface area contributed by atoms with Gasteiger partial charge in [0.15, 0.2) is 0 Å². The fourth-order valence-corrected chi connectivity index (χ4v) is 5.26. The minimum atomic E-state index is -3.77. The Labute approximate surface area is 179 Å². The van der Waals surface area contributed by atoms with Gasteiger partial charge in [0.25, 0.3) is 11.5 Å². The highest BCUT2D eigenvalue weighted by molar-refractivity contribution is 7.89. The molecule has 0 saturated carbocycles. The summed E-state index contributed by atoms with van der Waals surface area (Å²) in [6.07, 6.45) is 0.885. The minimum absolute atomic E-state index is 0.0422. The van der Waals surface area contributed by atoms with Gasteiger partial charge in [-0.3, -0.25) is 9.59 Å². The van der Waals surface area contributed by atoms with Crippen LogP contribution in [0.2, 0.25) is 0 Å². The molecule has 0 aliphatic carbocycles. The molecule has 1 fully saturated rings. The Balaban J connectivity index is 1.58. The molecular formula is C21H22N4O5S. The highest BCUT2D eigenvalue weighted by atomic mass is 32.2. The van der Waals surface area contributed by atoms with Gasteiger partial charge >= 0.3 is 0 Å². The normalized spacial score (nSPS) is 19.9. The number of nitrogens with zero attached hydrogens (tertiary/aromatic N) is 2. The lowest BCUT2D eigenvalue weighted by molar-refractivity contribution is -0.0440. The Bertz CT molecular complexity index is 1290. The number of carbonyl (C=O) groups is 1. The summed E-state index contributed by atoms with van der Waals surface area (Å²) in [6.45, 7) is 4.16. The summed E-state index contributed by atoms with van der Waals surface area (Å²) in [5.74, 6) is -0.486. The lowest BCUT2D eigenvalue weighted by atomic mass is 10.2. The number of aromatic amines is 1. The number of morpholine rings is 1. The van der Waals surface area contributed by atoms with E-state index in [9.17, 15) is 18.0 Å². The van der Waals surface area contributed by atoms with Crippen LogP contribution in [-0.4, -0.2) is 53.9 Å². The second kappa shape index (κ2) is 8.22. The quantitative estimate of drug-likeness (QED) is 0.637. The zero-order valence-electron chi connectivity index (χ0n) is 17.0. The molecule has 2 N–H and O–H groups in total. The summed E-state index contributed by atoms with van der Waals surface area (Å²) in [6, 6.07) is 10.7. The lowest BCUT2D eigenvalue weighted by Gasteiger charge is -2.34. The highest BCUT2D eigenvalue weighted by Gasteiger charge is 2.32. The van der Waals surface area contributed by atoms with Gasteiger partial charge in [-0.15, -0.1) is 0 Å². The van der Waals surface area contributed by atoms with Crippen molar-refractivity contribution in [2.45, 2.75) is 31.0 Å². The molecule has 2 heterocycles. The SMILES string of the molecule is CC1CN(S(=O)(=O)c2cccc(C(=O)Nc3ccc4nc[nH]c(=O)c4c3)c2)CC(C)O1. The van der Waals surface area contributed by atoms with E-state index < -0.39 is 15.9 Å². The average Bonchev–Trinajstić information content (AvgIpc) is 2.74. The van der Waals surface area contributed by atoms with Crippen LogP contribution in [0.4, 0.5) is 5.69 Å². The molecule has 2 aromatic carbocycles. The first-order chi connectivity index (χ1) is 14.7. The highest BCUT2D eigenvalue weighted by Crippen LogP contribution is 2.22. The van der Waals surface area contributed by atoms with Crippen molar-refractivity contribution < 1.29 is 17.9 Å². The van der Waals surface area contributed by atoms with E-state index >= 15 is 0 Å². The molecule has 2 unspecified atom stereocenters. The van der Waals surface area contributed by atoms with E-state index in [0.717, 1.165) is 0 Å². The molecular weight excluding hydrogens is 420 g/mol. The maximum atomic E-state index is 13.1. The predicted octanol–water partition coefficient (Wildman–Crippen LogP) is 1.97. The second-order valence-corrected chi connectivity index (χ2v) is 9.46. The predicted molar refractivity (Wildman–Crippen MR) is 116 cm³/mol. The first-order valence-corrected chi connectivity index (χ1v) is 11.2. The van der Waals surface area contributed by atoms with E-state index in [-0.39, 0.29) is 41.3 Å². The number of amides is 1. The number of ether oxygens (including phenoxy) is 1. The van der Waals surface area contributed by atoms with Crippen LogP contribution < -0.4 is 10.9 Å². The molecule has 0 bridgehead atoms. The maximum absolute atomic E-state index is 13.1. The van der Waals surface area contributed by atoms with Gasteiger partial charge in [0.05, 0.1) is 34.3 Å². The molecule has 9 nitrogen and oxygen atoms in total. The number of sulfonamides is 1. The molecule has 10 heteroatoms. The number of hydrogen-bond donors (Lipinski definition) is 2. The fraction of sp³-hybridized carbons (Fsp3) is 0.286. The largest absolute Gasteiger partial charge is 0.373 e. The molecule has 162 valence electrons. The van der Waals surface area contributed by atoms with Crippen molar-refractivity contribution in [3.63, 3.8) is 0 Å². The number of anilines is 1. The van der Waals surface area contributed by atoms with E-state index in [1.54, 1.807) is 12.1 Å². The summed E-state index contributed by atoms with van der Waals surface area (Å²) in [5, 5.41) is 3.04. The van der Waals surface area contributed by atoms with Crippen molar-refractivity contribution in [3.8, 4) is 0 Å². The van der Waals surface area contributed by atoms with E-state index in [1.807, 2.05) is 13.8 Å². The zero-order valence-corrected chi connectivity index (χ0v) is 17.8. The van der Waals surface area contributed by atoms with Crippen LogP contribution in [0.3, 0.4) is 0 Å². The van der Waals surface area contributed by atoms with Crippen molar-refractivity contribution in [2.24, 2.45) is 0 Å². The van der Waals surface area contributed by atoms with Crippen LogP contribution >= 0.6 is 0 Å². The number of carbonyl (C=O) groups excluding carboxylic acids is 1. The van der Waals surface area contributed by atoms with Gasteiger partial charge in [-0.2, -0.15) is 4.31 Å². The lowest BCUT2D eigenvalue weighted by Crippen LogP contribution is -2.48. The number of fused-ring (bicyclic) bond motifs is 1. The first kappa shape index (κ1) is 21.2. The van der Waals surface area contributed by atoms with Gasteiger partial charge in [-0.05, 0) is 50.2 Å². The monoisotopic (exact) mass is 442 g/mol. The molecule has 1 aliphatic rings. The Morgan fingerprint density at radius 1 is 1.16 bits per heavy atom. The number of aromatic nitrogens is 2. The molecule has 3 aromatic rings. The molecule has 1 saturated heterocycles. The molecule has 1 aliphatic heterocycles. The molecule has 0 spiro atoms. The smallest absolute Gasteiger partial charge is 0.258 e. The van der Waals surface area contributed by atoms with Gasteiger partial charge < -0.3 is 15.0 Å². The van der Waals surface area contributed by atoms with Crippen LogP contribution in [0.5, 0.6) is 0 Å². The minimum Gasteiger partial charge on any atom is -0.373 e. The van der Waals surface area contributed by atoms with E-state index in [1.165, 1.54) is 41.0 Å². The Kier molecular flexibility index (Phi) is 5.61. The van der Waals surface area contributed by atoms with Gasteiger partial charge in [0.1, 0.15) is 0 Å². The van der Waals surface area contributed by atoms with E-state index in [4.69, 9.17) is 4.74 Å². The van der Waals surface area contributed by atoms with Crippen molar-refractivity contribution in [1.82, 2.24) is 14.3 Å². The van der Waals surface area contributed by atoms with Gasteiger partial charge in [-0.25, -0.2) is 13.4 Å². The van der Waals surface area contributed by atoms with Crippen LogP contribution in [0.15, 0.2) is 58.5 Å². The third-order valence-electron chi connectivity index (χ3n) is 5.02.